The summed E-state index contributed by atoms with van der Waals surface area (Å²) in [4.78, 5) is 0. The maximum absolute atomic E-state index is 8.31. The van der Waals surface area contributed by atoms with Crippen LogP contribution in [0, 0.1) is 11.3 Å². The normalized spacial score (nSPS) is 12.5. The van der Waals surface area contributed by atoms with Gasteiger partial charge >= 0.3 is 0 Å². The summed E-state index contributed by atoms with van der Waals surface area (Å²) in [6.45, 7) is 8.79. The van der Waals surface area contributed by atoms with E-state index in [1.54, 1.807) is 6.08 Å². The Morgan fingerprint density at radius 3 is 2.45 bits per heavy atom. The van der Waals surface area contributed by atoms with E-state index in [0.29, 0.717) is 0 Å². The number of rotatable bonds is 3. The third-order valence-electron chi connectivity index (χ3n) is 1.18. The van der Waals surface area contributed by atoms with E-state index in [9.17, 15) is 0 Å². The van der Waals surface area contributed by atoms with E-state index in [1.807, 2.05) is 13.0 Å². The fraction of sp³-hybridized carbons (Fsp3) is 0.625. The Bertz CT molecular complexity index is 183. The summed E-state index contributed by atoms with van der Waals surface area (Å²) in [5.74, 6) is 0. The molecule has 0 atom stereocenters. The molecule has 0 fully saturated rings. The van der Waals surface area contributed by atoms with Gasteiger partial charge in [-0.05, 0) is 6.92 Å². The molecule has 62 valence electrons. The summed E-state index contributed by atoms with van der Waals surface area (Å²) in [7, 11) is -1.01. The predicted octanol–water partition coefficient (Wildman–Crippen LogP) is 1.88. The van der Waals surface area contributed by atoms with Crippen LogP contribution in [-0.2, 0) is 0 Å². The summed E-state index contributed by atoms with van der Waals surface area (Å²) in [5, 5.41) is 11.5. The van der Waals surface area contributed by atoms with Gasteiger partial charge in [-0.15, -0.1) is 0 Å². The van der Waals surface area contributed by atoms with Gasteiger partial charge in [0.15, 0.2) is 0 Å². The van der Waals surface area contributed by atoms with Gasteiger partial charge in [-0.25, -0.2) is 0 Å². The zero-order chi connectivity index (χ0) is 8.91. The van der Waals surface area contributed by atoms with E-state index in [0.717, 1.165) is 11.9 Å². The lowest BCUT2D eigenvalue weighted by molar-refractivity contribution is 0.929. The first-order valence-corrected chi connectivity index (χ1v) is 7.47. The number of nitrogens with one attached hydrogen (secondary N) is 1. The van der Waals surface area contributed by atoms with E-state index in [-0.39, 0.29) is 0 Å². The van der Waals surface area contributed by atoms with Crippen LogP contribution in [0.15, 0.2) is 11.8 Å². The second-order valence-corrected chi connectivity index (χ2v) is 9.35. The molecule has 0 radical (unpaired) electrons. The van der Waals surface area contributed by atoms with Crippen molar-refractivity contribution in [1.29, 1.82) is 5.26 Å². The maximum Gasteiger partial charge on any atom is 0.0930 e. The van der Waals surface area contributed by atoms with Crippen molar-refractivity contribution in [2.24, 2.45) is 0 Å². The summed E-state index contributed by atoms with van der Waals surface area (Å²) < 4.78 is 0. The topological polar surface area (TPSA) is 35.8 Å². The van der Waals surface area contributed by atoms with Gasteiger partial charge in [0, 0.05) is 17.9 Å². The summed E-state index contributed by atoms with van der Waals surface area (Å²) in [6.07, 6.45) is 2.58. The first kappa shape index (κ1) is 10.2. The molecule has 0 spiro atoms. The molecular formula is C8H16N2Si. The quantitative estimate of drug-likeness (QED) is 0.516. The molecular weight excluding hydrogens is 152 g/mol. The lowest BCUT2D eigenvalue weighted by Crippen LogP contribution is -2.35. The first-order chi connectivity index (χ1) is 4.95. The minimum Gasteiger partial charge on any atom is -0.391 e. The zero-order valence-electron chi connectivity index (χ0n) is 7.73. The Morgan fingerprint density at radius 2 is 2.09 bits per heavy atom. The summed E-state index contributed by atoms with van der Waals surface area (Å²) >= 11 is 0. The van der Waals surface area contributed by atoms with Gasteiger partial charge in [0.25, 0.3) is 0 Å². The minimum absolute atomic E-state index is 0.968. The average Bonchev–Trinajstić information content (AvgIpc) is 1.83. The van der Waals surface area contributed by atoms with Crippen LogP contribution >= 0.6 is 0 Å². The smallest absolute Gasteiger partial charge is 0.0930 e. The van der Waals surface area contributed by atoms with E-state index in [2.05, 4.69) is 25.0 Å². The van der Waals surface area contributed by atoms with Gasteiger partial charge < -0.3 is 5.32 Å². The van der Waals surface area contributed by atoms with Gasteiger partial charge in [0.05, 0.1) is 14.1 Å². The van der Waals surface area contributed by atoms with Crippen molar-refractivity contribution in [2.45, 2.75) is 26.6 Å². The lowest BCUT2D eigenvalue weighted by atomic mass is 10.5. The molecule has 0 bridgehead atoms. The van der Waals surface area contributed by atoms with Crippen molar-refractivity contribution >= 4 is 8.07 Å². The Balaban J connectivity index is 3.74. The van der Waals surface area contributed by atoms with Crippen molar-refractivity contribution < 1.29 is 0 Å². The molecule has 0 aromatic heterocycles. The maximum atomic E-state index is 8.31. The van der Waals surface area contributed by atoms with E-state index in [4.69, 9.17) is 5.26 Å². The van der Waals surface area contributed by atoms with Crippen LogP contribution in [0.25, 0.3) is 0 Å². The third-order valence-corrected chi connectivity index (χ3v) is 2.42. The van der Waals surface area contributed by atoms with Crippen LogP contribution in [0.1, 0.15) is 6.92 Å². The second kappa shape index (κ2) is 4.19. The van der Waals surface area contributed by atoms with Gasteiger partial charge in [-0.2, -0.15) is 5.26 Å². The summed E-state index contributed by atoms with van der Waals surface area (Å²) in [6, 6.07) is 1.99. The SMILES string of the molecule is C/C(=C/C#N)NC[Si](C)(C)C. The van der Waals surface area contributed by atoms with Crippen molar-refractivity contribution in [2.75, 3.05) is 6.17 Å². The third kappa shape index (κ3) is 7.14. The molecule has 1 N–H and O–H groups in total. The van der Waals surface area contributed by atoms with Gasteiger partial charge in [0.1, 0.15) is 0 Å². The predicted molar refractivity (Wildman–Crippen MR) is 50.7 cm³/mol. The lowest BCUT2D eigenvalue weighted by Gasteiger charge is -2.17. The molecule has 0 aliphatic heterocycles. The highest BCUT2D eigenvalue weighted by Crippen LogP contribution is 1.98. The fourth-order valence-electron chi connectivity index (χ4n) is 0.552. The average molecular weight is 168 g/mol. The van der Waals surface area contributed by atoms with Crippen LogP contribution in [0.2, 0.25) is 19.6 Å². The standard InChI is InChI=1S/C8H16N2Si/c1-8(5-6-9)10-7-11(2,3)4/h5,10H,7H2,1-4H3/b8-5-. The first-order valence-electron chi connectivity index (χ1n) is 3.76. The van der Waals surface area contributed by atoms with E-state index < -0.39 is 8.07 Å². The number of nitriles is 1. The highest BCUT2D eigenvalue weighted by molar-refractivity contribution is 6.76. The molecule has 0 rings (SSSR count). The highest BCUT2D eigenvalue weighted by Gasteiger charge is 2.11. The Kier molecular flexibility index (Phi) is 3.91. The van der Waals surface area contributed by atoms with Crippen LogP contribution < -0.4 is 5.32 Å². The number of nitrogens with zero attached hydrogens (tertiary/aromatic N) is 1. The molecule has 0 saturated heterocycles. The fourth-order valence-corrected chi connectivity index (χ4v) is 1.36. The number of hydrogen-bond donors (Lipinski definition) is 1. The molecule has 0 aromatic rings. The molecule has 0 saturated carbocycles. The van der Waals surface area contributed by atoms with Gasteiger partial charge in [-0.1, -0.05) is 19.6 Å². The molecule has 0 aromatic carbocycles. The molecule has 0 amide bonds. The highest BCUT2D eigenvalue weighted by atomic mass is 28.3. The van der Waals surface area contributed by atoms with Crippen LogP contribution in [-0.4, -0.2) is 14.2 Å². The minimum atomic E-state index is -1.01. The molecule has 11 heavy (non-hydrogen) atoms. The van der Waals surface area contributed by atoms with Crippen LogP contribution in [0.3, 0.4) is 0 Å². The van der Waals surface area contributed by atoms with Crippen molar-refractivity contribution in [3.05, 3.63) is 11.8 Å². The largest absolute Gasteiger partial charge is 0.391 e. The van der Waals surface area contributed by atoms with E-state index in [1.165, 1.54) is 0 Å². The molecule has 0 aliphatic rings. The Morgan fingerprint density at radius 1 is 1.55 bits per heavy atom. The number of hydrogen-bond acceptors (Lipinski definition) is 2. The zero-order valence-corrected chi connectivity index (χ0v) is 8.73. The van der Waals surface area contributed by atoms with Crippen LogP contribution in [0.5, 0.6) is 0 Å². The number of allylic oxidation sites excluding steroid dienone is 2. The van der Waals surface area contributed by atoms with Gasteiger partial charge in [0.2, 0.25) is 0 Å². The molecule has 0 unspecified atom stereocenters. The van der Waals surface area contributed by atoms with Crippen molar-refractivity contribution in [3.63, 3.8) is 0 Å². The monoisotopic (exact) mass is 168 g/mol. The summed E-state index contributed by atoms with van der Waals surface area (Å²) in [5.41, 5.74) is 0.968. The van der Waals surface area contributed by atoms with Crippen LogP contribution in [0.4, 0.5) is 0 Å². The Labute approximate surface area is 69.9 Å². The van der Waals surface area contributed by atoms with Crippen molar-refractivity contribution in [1.82, 2.24) is 5.32 Å². The molecule has 0 heterocycles. The molecule has 0 aliphatic carbocycles. The molecule has 3 heteroatoms. The van der Waals surface area contributed by atoms with Gasteiger partial charge in [-0.3, -0.25) is 0 Å². The van der Waals surface area contributed by atoms with E-state index >= 15 is 0 Å². The Hall–Kier alpha value is -0.753. The van der Waals surface area contributed by atoms with Crippen molar-refractivity contribution in [3.8, 4) is 6.07 Å². The molecule has 2 nitrogen and oxygen atoms in total. The second-order valence-electron chi connectivity index (χ2n) is 3.87.